The zero-order valence-electron chi connectivity index (χ0n) is 17.7. The Bertz CT molecular complexity index is 637. The second kappa shape index (κ2) is 11.6. The van der Waals surface area contributed by atoms with Gasteiger partial charge in [-0.15, -0.1) is 0 Å². The largest absolute Gasteiger partial charge is 0.394 e. The van der Waals surface area contributed by atoms with Crippen LogP contribution in [-0.2, 0) is 23.7 Å². The fourth-order valence-electron chi connectivity index (χ4n) is 3.95. The molecule has 0 aromatic heterocycles. The lowest BCUT2D eigenvalue weighted by Crippen LogP contribution is -2.65. The van der Waals surface area contributed by atoms with Gasteiger partial charge in [-0.25, -0.2) is 0 Å². The summed E-state index contributed by atoms with van der Waals surface area (Å²) in [5.41, 5.74) is 0. The monoisotopic (exact) mass is 504 g/mol. The third kappa shape index (κ3) is 5.52. The van der Waals surface area contributed by atoms with E-state index in [1.54, 1.807) is 0 Å². The first-order chi connectivity index (χ1) is 16.0. The van der Waals surface area contributed by atoms with Crippen LogP contribution in [-0.4, -0.2) is 168 Å². The first-order valence-corrected chi connectivity index (χ1v) is 10.6. The minimum Gasteiger partial charge on any atom is -0.394 e. The summed E-state index contributed by atoms with van der Waals surface area (Å²) in [6.45, 7) is -2.07. The fraction of sp³-hybridized carbons (Fsp3) is 1.00. The molecule has 0 aromatic carbocycles. The van der Waals surface area contributed by atoms with Crippen molar-refractivity contribution in [1.82, 2.24) is 0 Å². The van der Waals surface area contributed by atoms with Crippen LogP contribution in [0.2, 0.25) is 0 Å². The van der Waals surface area contributed by atoms with Gasteiger partial charge in [-0.3, -0.25) is 0 Å². The molecule has 15 atom stereocenters. The molecule has 10 unspecified atom stereocenters. The summed E-state index contributed by atoms with van der Waals surface area (Å²) < 4.78 is 26.3. The van der Waals surface area contributed by atoms with Gasteiger partial charge in [-0.1, -0.05) is 0 Å². The molecule has 0 bridgehead atoms. The summed E-state index contributed by atoms with van der Waals surface area (Å²) in [6, 6.07) is 0. The lowest BCUT2D eigenvalue weighted by Gasteiger charge is -2.45. The molecule has 200 valence electrons. The predicted octanol–water partition coefficient (Wildman–Crippen LogP) is -7.57. The van der Waals surface area contributed by atoms with Crippen LogP contribution >= 0.6 is 0 Å². The van der Waals surface area contributed by atoms with E-state index in [9.17, 15) is 56.2 Å². The van der Waals surface area contributed by atoms with Crippen LogP contribution in [0.4, 0.5) is 0 Å². The number of aliphatic hydroxyl groups excluding tert-OH is 11. The van der Waals surface area contributed by atoms with E-state index in [1.165, 1.54) is 0 Å². The van der Waals surface area contributed by atoms with E-state index in [4.69, 9.17) is 23.7 Å². The molecular formula is C18H32O16. The number of ether oxygens (including phenoxy) is 5. The molecule has 3 saturated heterocycles. The molecule has 0 amide bonds. The Morgan fingerprint density at radius 1 is 0.500 bits per heavy atom. The van der Waals surface area contributed by atoms with E-state index in [1.807, 2.05) is 0 Å². The van der Waals surface area contributed by atoms with Gasteiger partial charge in [0.2, 0.25) is 0 Å². The van der Waals surface area contributed by atoms with E-state index in [0.29, 0.717) is 0 Å². The molecular weight excluding hydrogens is 472 g/mol. The average Bonchev–Trinajstić information content (AvgIpc) is 2.82. The first-order valence-electron chi connectivity index (χ1n) is 10.6. The third-order valence-electron chi connectivity index (χ3n) is 6.07. The Kier molecular flexibility index (Phi) is 9.54. The molecule has 0 radical (unpaired) electrons. The molecule has 34 heavy (non-hydrogen) atoms. The van der Waals surface area contributed by atoms with Gasteiger partial charge in [0.05, 0.1) is 19.8 Å². The standard InChI is InChI=1S/C18H32O16/c19-1-4-7(21)9(23)13(27)17(32-4)30-3-6-8(22)10(24)14(28)18(33-6)34-15-5(2-20)31-16(29)12(26)11(15)25/h4-29H,1-3H2/t4?,5?,6?,7-,8-,9?,10?,11?,12?,13?,14?,15-,16?,17+,18-/m1/s1. The second-order valence-corrected chi connectivity index (χ2v) is 8.37. The van der Waals surface area contributed by atoms with Gasteiger partial charge >= 0.3 is 0 Å². The summed E-state index contributed by atoms with van der Waals surface area (Å²) >= 11 is 0. The summed E-state index contributed by atoms with van der Waals surface area (Å²) in [7, 11) is 0. The maximum absolute atomic E-state index is 10.3. The molecule has 3 rings (SSSR count). The highest BCUT2D eigenvalue weighted by molar-refractivity contribution is 4.94. The predicted molar refractivity (Wildman–Crippen MR) is 101 cm³/mol. The highest BCUT2D eigenvalue weighted by Crippen LogP contribution is 2.29. The fourth-order valence-corrected chi connectivity index (χ4v) is 3.95. The van der Waals surface area contributed by atoms with Gasteiger partial charge in [0.1, 0.15) is 73.2 Å². The van der Waals surface area contributed by atoms with E-state index in [2.05, 4.69) is 0 Å². The van der Waals surface area contributed by atoms with E-state index in [-0.39, 0.29) is 0 Å². The van der Waals surface area contributed by atoms with Crippen LogP contribution < -0.4 is 0 Å². The van der Waals surface area contributed by atoms with E-state index in [0.717, 1.165) is 0 Å². The molecule has 0 spiro atoms. The van der Waals surface area contributed by atoms with Crippen molar-refractivity contribution >= 4 is 0 Å². The van der Waals surface area contributed by atoms with Crippen molar-refractivity contribution < 1.29 is 79.9 Å². The molecule has 3 heterocycles. The van der Waals surface area contributed by atoms with E-state index < -0.39 is 112 Å². The van der Waals surface area contributed by atoms with Crippen molar-refractivity contribution in [1.29, 1.82) is 0 Å². The normalized spacial score (nSPS) is 52.5. The van der Waals surface area contributed by atoms with Crippen LogP contribution in [0.3, 0.4) is 0 Å². The molecule has 16 nitrogen and oxygen atoms in total. The lowest BCUT2D eigenvalue weighted by atomic mass is 9.97. The molecule has 0 aromatic rings. The van der Waals surface area contributed by atoms with Crippen LogP contribution in [0.25, 0.3) is 0 Å². The summed E-state index contributed by atoms with van der Waals surface area (Å²) in [4.78, 5) is 0. The topological polar surface area (TPSA) is 269 Å². The van der Waals surface area contributed by atoms with Gasteiger partial charge in [-0.05, 0) is 0 Å². The number of rotatable bonds is 7. The lowest BCUT2D eigenvalue weighted by molar-refractivity contribution is -0.362. The highest BCUT2D eigenvalue weighted by Gasteiger charge is 2.51. The highest BCUT2D eigenvalue weighted by atomic mass is 16.7. The van der Waals surface area contributed by atoms with Gasteiger partial charge < -0.3 is 79.9 Å². The Morgan fingerprint density at radius 2 is 1.03 bits per heavy atom. The number of hydrogen-bond acceptors (Lipinski definition) is 16. The van der Waals surface area contributed by atoms with Crippen LogP contribution in [0.15, 0.2) is 0 Å². The smallest absolute Gasteiger partial charge is 0.187 e. The average molecular weight is 504 g/mol. The van der Waals surface area contributed by atoms with Crippen molar-refractivity contribution in [3.05, 3.63) is 0 Å². The quantitative estimate of drug-likeness (QED) is 0.154. The molecule has 3 aliphatic heterocycles. The van der Waals surface area contributed by atoms with Crippen LogP contribution in [0.1, 0.15) is 0 Å². The molecule has 16 heteroatoms. The van der Waals surface area contributed by atoms with Crippen molar-refractivity contribution in [2.45, 2.75) is 92.1 Å². The van der Waals surface area contributed by atoms with Crippen LogP contribution in [0.5, 0.6) is 0 Å². The maximum atomic E-state index is 10.3. The number of aliphatic hydroxyl groups is 11. The zero-order valence-corrected chi connectivity index (χ0v) is 17.7. The maximum Gasteiger partial charge on any atom is 0.187 e. The Balaban J connectivity index is 1.66. The minimum absolute atomic E-state index is 0.609. The zero-order chi connectivity index (χ0) is 25.3. The van der Waals surface area contributed by atoms with Gasteiger partial charge in [0.25, 0.3) is 0 Å². The minimum atomic E-state index is -1.87. The van der Waals surface area contributed by atoms with Gasteiger partial charge in [-0.2, -0.15) is 0 Å². The third-order valence-corrected chi connectivity index (χ3v) is 6.07. The van der Waals surface area contributed by atoms with Crippen LogP contribution in [0, 0.1) is 0 Å². The molecule has 0 saturated carbocycles. The van der Waals surface area contributed by atoms with Gasteiger partial charge in [0.15, 0.2) is 18.9 Å². The van der Waals surface area contributed by atoms with Crippen molar-refractivity contribution in [3.63, 3.8) is 0 Å². The molecule has 11 N–H and O–H groups in total. The van der Waals surface area contributed by atoms with Crippen molar-refractivity contribution in [2.24, 2.45) is 0 Å². The van der Waals surface area contributed by atoms with Crippen molar-refractivity contribution in [2.75, 3.05) is 19.8 Å². The first kappa shape index (κ1) is 27.9. The number of hydrogen-bond donors (Lipinski definition) is 11. The molecule has 3 fully saturated rings. The summed E-state index contributed by atoms with van der Waals surface area (Å²) in [6.07, 6.45) is -24.9. The SMILES string of the molecule is OCC1O[C@H](OCC2O[C@H](O[C@@H]3C(CO)OC(O)C(O)C3O)C(O)C(O)[C@@H]2O)C(O)C(O)[C@@H]1O. The van der Waals surface area contributed by atoms with E-state index >= 15 is 0 Å². The molecule has 0 aliphatic carbocycles. The Morgan fingerprint density at radius 3 is 1.62 bits per heavy atom. The summed E-state index contributed by atoms with van der Waals surface area (Å²) in [5, 5.41) is 109. The Hall–Kier alpha value is -0.640. The van der Waals surface area contributed by atoms with Gasteiger partial charge in [0, 0.05) is 0 Å². The summed E-state index contributed by atoms with van der Waals surface area (Å²) in [5.74, 6) is 0. The molecule has 3 aliphatic rings. The second-order valence-electron chi connectivity index (χ2n) is 8.37. The Labute approximate surface area is 192 Å². The van der Waals surface area contributed by atoms with Crippen molar-refractivity contribution in [3.8, 4) is 0 Å².